The van der Waals surface area contributed by atoms with Gasteiger partial charge in [-0.05, 0) is 20.0 Å². The van der Waals surface area contributed by atoms with E-state index in [9.17, 15) is 9.90 Å². The van der Waals surface area contributed by atoms with Gasteiger partial charge in [-0.15, -0.1) is 0 Å². The first kappa shape index (κ1) is 19.5. The Hall–Kier alpha value is -2.83. The van der Waals surface area contributed by atoms with Gasteiger partial charge < -0.3 is 23.9 Å². The fourth-order valence-electron chi connectivity index (χ4n) is 4.33. The predicted octanol–water partition coefficient (Wildman–Crippen LogP) is 3.26. The number of hydrogen-bond acceptors (Lipinski definition) is 6. The molecule has 0 radical (unpaired) electrons. The van der Waals surface area contributed by atoms with Gasteiger partial charge in [-0.3, -0.25) is 4.79 Å². The van der Waals surface area contributed by atoms with Crippen LogP contribution < -0.4 is 14.9 Å². The summed E-state index contributed by atoms with van der Waals surface area (Å²) in [6, 6.07) is 12.7. The highest BCUT2D eigenvalue weighted by Gasteiger charge is 2.37. The topological polar surface area (TPSA) is 72.1 Å². The summed E-state index contributed by atoms with van der Waals surface area (Å²) in [5.41, 5.74) is 1.92. The van der Waals surface area contributed by atoms with E-state index in [0.29, 0.717) is 28.2 Å². The maximum atomic E-state index is 13.1. The molecule has 0 aliphatic carbocycles. The molecule has 0 unspecified atom stereocenters. The summed E-state index contributed by atoms with van der Waals surface area (Å²) in [5, 5.41) is 10.4. The van der Waals surface area contributed by atoms with E-state index >= 15 is 0 Å². The molecular formula is C23H25NO5. The Morgan fingerprint density at radius 1 is 1.14 bits per heavy atom. The van der Waals surface area contributed by atoms with E-state index in [-0.39, 0.29) is 24.0 Å². The third kappa shape index (κ3) is 3.28. The summed E-state index contributed by atoms with van der Waals surface area (Å²) < 4.78 is 17.5. The van der Waals surface area contributed by atoms with Gasteiger partial charge in [0.25, 0.3) is 0 Å². The lowest BCUT2D eigenvalue weighted by Crippen LogP contribution is -2.32. The summed E-state index contributed by atoms with van der Waals surface area (Å²) in [6.07, 6.45) is 0.832. The molecule has 2 aromatic carbocycles. The van der Waals surface area contributed by atoms with Gasteiger partial charge in [-0.25, -0.2) is 0 Å². The Labute approximate surface area is 169 Å². The number of methoxy groups -OCH3 is 2. The van der Waals surface area contributed by atoms with Crippen LogP contribution in [0.25, 0.3) is 22.3 Å². The van der Waals surface area contributed by atoms with E-state index in [2.05, 4.69) is 4.90 Å². The van der Waals surface area contributed by atoms with Crippen LogP contribution >= 0.6 is 0 Å². The largest absolute Gasteiger partial charge is 0.496 e. The van der Waals surface area contributed by atoms with Crippen LogP contribution in [0.4, 0.5) is 0 Å². The van der Waals surface area contributed by atoms with Crippen LogP contribution in [0.5, 0.6) is 11.5 Å². The van der Waals surface area contributed by atoms with E-state index in [1.165, 1.54) is 13.2 Å². The second-order valence-electron chi connectivity index (χ2n) is 7.37. The minimum atomic E-state index is -0.169. The molecule has 1 fully saturated rings. The molecule has 4 rings (SSSR count). The van der Waals surface area contributed by atoms with Crippen molar-refractivity contribution in [2.24, 2.45) is 0 Å². The van der Waals surface area contributed by atoms with Crippen molar-refractivity contribution in [3.05, 3.63) is 58.3 Å². The first-order chi connectivity index (χ1) is 14.1. The smallest absolute Gasteiger partial charge is 0.197 e. The summed E-state index contributed by atoms with van der Waals surface area (Å²) >= 11 is 0. The number of aliphatic hydroxyl groups is 1. The molecule has 29 heavy (non-hydrogen) atoms. The van der Waals surface area contributed by atoms with Crippen LogP contribution in [0.15, 0.2) is 51.7 Å². The van der Waals surface area contributed by atoms with Crippen molar-refractivity contribution in [1.29, 1.82) is 0 Å². The minimum Gasteiger partial charge on any atom is -0.496 e. The molecule has 3 aromatic rings. The number of fused-ring (bicyclic) bond motifs is 1. The number of hydrogen-bond donors (Lipinski definition) is 1. The van der Waals surface area contributed by atoms with Gasteiger partial charge in [0.2, 0.25) is 0 Å². The second kappa shape index (κ2) is 7.89. The van der Waals surface area contributed by atoms with Gasteiger partial charge >= 0.3 is 0 Å². The first-order valence-corrected chi connectivity index (χ1v) is 9.68. The zero-order chi connectivity index (χ0) is 20.5. The average Bonchev–Trinajstić information content (AvgIpc) is 3.12. The molecule has 1 aliphatic heterocycles. The first-order valence-electron chi connectivity index (χ1n) is 9.68. The average molecular weight is 395 g/mol. The second-order valence-corrected chi connectivity index (χ2v) is 7.37. The van der Waals surface area contributed by atoms with Gasteiger partial charge in [-0.1, -0.05) is 30.3 Å². The molecule has 152 valence electrons. The fourth-order valence-corrected chi connectivity index (χ4v) is 4.33. The third-order valence-electron chi connectivity index (χ3n) is 5.85. The standard InChI is InChI=1S/C23H25NO5/c1-24-10-9-15(16(24)13-25)21-19(27-2)12-20(28-3)22-17(26)11-18(29-23(21)22)14-7-5-4-6-8-14/h4-8,11-12,15-16,25H,9-10,13H2,1-3H3/t15-,16+/m1/s1. The molecule has 1 N–H and O–H groups in total. The Kier molecular flexibility index (Phi) is 5.30. The van der Waals surface area contributed by atoms with Crippen molar-refractivity contribution in [2.45, 2.75) is 18.4 Å². The summed E-state index contributed by atoms with van der Waals surface area (Å²) in [5.74, 6) is 1.48. The van der Waals surface area contributed by atoms with E-state index in [0.717, 1.165) is 24.1 Å². The van der Waals surface area contributed by atoms with Crippen LogP contribution in [-0.4, -0.2) is 50.5 Å². The summed E-state index contributed by atoms with van der Waals surface area (Å²) in [6.45, 7) is 0.857. The van der Waals surface area contributed by atoms with Gasteiger partial charge in [-0.2, -0.15) is 0 Å². The van der Waals surface area contributed by atoms with Crippen LogP contribution in [0.2, 0.25) is 0 Å². The van der Waals surface area contributed by atoms with Crippen LogP contribution in [-0.2, 0) is 0 Å². The highest BCUT2D eigenvalue weighted by atomic mass is 16.5. The molecular weight excluding hydrogens is 370 g/mol. The normalized spacial score (nSPS) is 19.6. The molecule has 0 saturated carbocycles. The Morgan fingerprint density at radius 3 is 2.52 bits per heavy atom. The van der Waals surface area contributed by atoms with Crippen molar-refractivity contribution in [2.75, 3.05) is 34.4 Å². The lowest BCUT2D eigenvalue weighted by molar-refractivity contribution is 0.171. The van der Waals surface area contributed by atoms with Gasteiger partial charge in [0.1, 0.15) is 28.2 Å². The minimum absolute atomic E-state index is 0.0143. The molecule has 2 heterocycles. The molecule has 0 spiro atoms. The van der Waals surface area contributed by atoms with E-state index in [4.69, 9.17) is 13.9 Å². The molecule has 6 nitrogen and oxygen atoms in total. The molecule has 1 aliphatic rings. The number of likely N-dealkylation sites (tertiary alicyclic amines) is 1. The third-order valence-corrected chi connectivity index (χ3v) is 5.85. The highest BCUT2D eigenvalue weighted by molar-refractivity contribution is 5.90. The van der Waals surface area contributed by atoms with E-state index < -0.39 is 0 Å². The predicted molar refractivity (Wildman–Crippen MR) is 112 cm³/mol. The number of aliphatic hydroxyl groups excluding tert-OH is 1. The number of rotatable bonds is 5. The van der Waals surface area contributed by atoms with Crippen molar-refractivity contribution in [1.82, 2.24) is 4.90 Å². The van der Waals surface area contributed by atoms with Gasteiger partial charge in [0.15, 0.2) is 5.43 Å². The number of ether oxygens (including phenoxy) is 2. The quantitative estimate of drug-likeness (QED) is 0.715. The van der Waals surface area contributed by atoms with Crippen molar-refractivity contribution >= 4 is 11.0 Å². The Morgan fingerprint density at radius 2 is 1.86 bits per heavy atom. The maximum absolute atomic E-state index is 13.1. The summed E-state index contributed by atoms with van der Waals surface area (Å²) in [4.78, 5) is 15.2. The van der Waals surface area contributed by atoms with Crippen molar-refractivity contribution in [3.8, 4) is 22.8 Å². The Bertz CT molecular complexity index is 1080. The van der Waals surface area contributed by atoms with E-state index in [1.54, 1.807) is 13.2 Å². The molecule has 1 aromatic heterocycles. The number of benzene rings is 2. The molecule has 1 saturated heterocycles. The van der Waals surface area contributed by atoms with Gasteiger partial charge in [0.05, 0.1) is 20.8 Å². The lowest BCUT2D eigenvalue weighted by atomic mass is 9.89. The highest BCUT2D eigenvalue weighted by Crippen LogP contribution is 2.44. The number of nitrogens with zero attached hydrogens (tertiary/aromatic N) is 1. The molecule has 0 bridgehead atoms. The van der Waals surface area contributed by atoms with Crippen LogP contribution in [0.1, 0.15) is 17.9 Å². The SMILES string of the molecule is COc1cc(OC)c2c(=O)cc(-c3ccccc3)oc2c1[C@@H]1CCN(C)[C@H]1CO. The number of likely N-dealkylation sites (N-methyl/N-ethyl adjacent to an activating group) is 1. The van der Waals surface area contributed by atoms with Crippen molar-refractivity contribution < 1.29 is 19.0 Å². The van der Waals surface area contributed by atoms with E-state index in [1.807, 2.05) is 37.4 Å². The van der Waals surface area contributed by atoms with Crippen molar-refractivity contribution in [3.63, 3.8) is 0 Å². The zero-order valence-electron chi connectivity index (χ0n) is 16.8. The van der Waals surface area contributed by atoms with Crippen LogP contribution in [0.3, 0.4) is 0 Å². The lowest BCUT2D eigenvalue weighted by Gasteiger charge is -2.25. The maximum Gasteiger partial charge on any atom is 0.197 e. The fraction of sp³-hybridized carbons (Fsp3) is 0.348. The Balaban J connectivity index is 2.05. The zero-order valence-corrected chi connectivity index (χ0v) is 16.8. The molecule has 2 atom stereocenters. The van der Waals surface area contributed by atoms with Crippen LogP contribution in [0, 0.1) is 0 Å². The molecule has 0 amide bonds. The monoisotopic (exact) mass is 395 g/mol. The molecule has 6 heteroatoms. The summed E-state index contributed by atoms with van der Waals surface area (Å²) in [7, 11) is 5.11. The van der Waals surface area contributed by atoms with Gasteiger partial charge in [0, 0.05) is 35.2 Å².